The minimum atomic E-state index is -0.0286. The number of rotatable bonds is 2. The lowest BCUT2D eigenvalue weighted by molar-refractivity contribution is 0.282. The highest BCUT2D eigenvalue weighted by atomic mass is 32.1. The summed E-state index contributed by atoms with van der Waals surface area (Å²) in [5, 5.41) is 20.7. The van der Waals surface area contributed by atoms with Gasteiger partial charge in [-0.1, -0.05) is 6.07 Å². The van der Waals surface area contributed by atoms with E-state index in [1.165, 1.54) is 10.4 Å². The summed E-state index contributed by atoms with van der Waals surface area (Å²) in [4.78, 5) is 3.74. The third-order valence-corrected chi connectivity index (χ3v) is 4.95. The Morgan fingerprint density at radius 2 is 2.30 bits per heavy atom. The van der Waals surface area contributed by atoms with E-state index in [2.05, 4.69) is 29.3 Å². The molecule has 1 unspecified atom stereocenters. The Morgan fingerprint density at radius 3 is 3.05 bits per heavy atom. The van der Waals surface area contributed by atoms with Gasteiger partial charge in [0.2, 0.25) is 0 Å². The molecule has 3 nitrogen and oxygen atoms in total. The van der Waals surface area contributed by atoms with Crippen molar-refractivity contribution in [2.75, 3.05) is 11.4 Å². The predicted octanol–water partition coefficient (Wildman–Crippen LogP) is 3.24. The van der Waals surface area contributed by atoms with Crippen LogP contribution < -0.4 is 4.90 Å². The Labute approximate surface area is 122 Å². The van der Waals surface area contributed by atoms with Gasteiger partial charge in [-0.3, -0.25) is 0 Å². The van der Waals surface area contributed by atoms with Gasteiger partial charge in [0.05, 0.1) is 23.9 Å². The lowest BCUT2D eigenvalue weighted by Gasteiger charge is -2.36. The molecule has 2 heterocycles. The highest BCUT2D eigenvalue weighted by Crippen LogP contribution is 2.37. The van der Waals surface area contributed by atoms with Crippen LogP contribution in [0.4, 0.5) is 5.69 Å². The summed E-state index contributed by atoms with van der Waals surface area (Å²) in [5.74, 6) is 0. The van der Waals surface area contributed by atoms with Gasteiger partial charge in [-0.15, -0.1) is 11.3 Å². The zero-order valence-electron chi connectivity index (χ0n) is 11.3. The molecule has 0 saturated heterocycles. The van der Waals surface area contributed by atoms with Crippen LogP contribution in [0.25, 0.3) is 0 Å². The number of anilines is 1. The quantitative estimate of drug-likeness (QED) is 0.921. The summed E-state index contributed by atoms with van der Waals surface area (Å²) in [6, 6.07) is 10.4. The Balaban J connectivity index is 2.00. The topological polar surface area (TPSA) is 47.3 Å². The van der Waals surface area contributed by atoms with Crippen LogP contribution in [-0.4, -0.2) is 11.7 Å². The molecule has 1 aliphatic rings. The number of benzene rings is 1. The van der Waals surface area contributed by atoms with Gasteiger partial charge >= 0.3 is 0 Å². The van der Waals surface area contributed by atoms with Crippen LogP contribution >= 0.6 is 11.3 Å². The van der Waals surface area contributed by atoms with E-state index in [-0.39, 0.29) is 12.6 Å². The predicted molar refractivity (Wildman–Crippen MR) is 80.9 cm³/mol. The van der Waals surface area contributed by atoms with Crippen LogP contribution in [0, 0.1) is 11.3 Å². The van der Waals surface area contributed by atoms with Crippen molar-refractivity contribution in [2.24, 2.45) is 0 Å². The second kappa shape index (κ2) is 5.28. The van der Waals surface area contributed by atoms with E-state index in [1.807, 2.05) is 23.5 Å². The Morgan fingerprint density at radius 1 is 1.45 bits per heavy atom. The van der Waals surface area contributed by atoms with Crippen LogP contribution in [0.3, 0.4) is 0 Å². The minimum absolute atomic E-state index is 0.0286. The van der Waals surface area contributed by atoms with Gasteiger partial charge in [-0.2, -0.15) is 5.26 Å². The Hall–Kier alpha value is -1.83. The van der Waals surface area contributed by atoms with Gasteiger partial charge in [0.15, 0.2) is 0 Å². The minimum Gasteiger partial charge on any atom is -0.392 e. The maximum Gasteiger partial charge on any atom is 0.101 e. The molecule has 0 radical (unpaired) electrons. The molecule has 2 aromatic rings. The number of nitriles is 1. The molecule has 20 heavy (non-hydrogen) atoms. The van der Waals surface area contributed by atoms with E-state index < -0.39 is 0 Å². The summed E-state index contributed by atoms with van der Waals surface area (Å²) in [6.07, 6.45) is 1.03. The van der Waals surface area contributed by atoms with Gasteiger partial charge in [0.25, 0.3) is 0 Å². The molecule has 0 aliphatic carbocycles. The second-order valence-corrected chi connectivity index (χ2v) is 6.04. The highest BCUT2D eigenvalue weighted by molar-refractivity contribution is 7.10. The fraction of sp³-hybridized carbons (Fsp3) is 0.312. The largest absolute Gasteiger partial charge is 0.392 e. The van der Waals surface area contributed by atoms with Crippen LogP contribution in [0.5, 0.6) is 0 Å². The van der Waals surface area contributed by atoms with E-state index in [4.69, 9.17) is 0 Å². The third kappa shape index (κ3) is 2.09. The highest BCUT2D eigenvalue weighted by Gasteiger charge is 2.26. The van der Waals surface area contributed by atoms with Gasteiger partial charge in [0.1, 0.15) is 6.07 Å². The fourth-order valence-electron chi connectivity index (χ4n) is 2.86. The second-order valence-electron chi connectivity index (χ2n) is 5.04. The zero-order chi connectivity index (χ0) is 14.1. The number of aliphatic hydroxyl groups is 1. The van der Waals surface area contributed by atoms with Crippen molar-refractivity contribution in [2.45, 2.75) is 26.0 Å². The molecule has 1 aromatic carbocycles. The fourth-order valence-corrected chi connectivity index (χ4v) is 3.82. The molecule has 0 bridgehead atoms. The molecule has 0 fully saturated rings. The normalized spacial score (nSPS) is 17.6. The van der Waals surface area contributed by atoms with Crippen molar-refractivity contribution in [3.63, 3.8) is 0 Å². The summed E-state index contributed by atoms with van der Waals surface area (Å²) >= 11 is 1.82. The smallest absolute Gasteiger partial charge is 0.101 e. The first-order valence-electron chi connectivity index (χ1n) is 6.71. The van der Waals surface area contributed by atoms with Gasteiger partial charge in [0, 0.05) is 11.4 Å². The molecular formula is C16H16N2OS. The van der Waals surface area contributed by atoms with E-state index >= 15 is 0 Å². The molecular weight excluding hydrogens is 268 g/mol. The number of nitrogens with zero attached hydrogens (tertiary/aromatic N) is 2. The maximum atomic E-state index is 9.35. The standard InChI is InChI=1S/C16H16N2OS/c1-11-14-5-7-20-16(14)4-6-18(11)15-3-2-12(10-19)8-13(15)9-17/h2-3,5,7-8,11,19H,4,6,10H2,1H3. The number of aliphatic hydroxyl groups excluding tert-OH is 1. The first-order chi connectivity index (χ1) is 9.74. The van der Waals surface area contributed by atoms with Gasteiger partial charge in [-0.05, 0) is 48.1 Å². The van der Waals surface area contributed by atoms with E-state index in [0.29, 0.717) is 5.56 Å². The van der Waals surface area contributed by atoms with E-state index in [0.717, 1.165) is 24.2 Å². The van der Waals surface area contributed by atoms with Crippen molar-refractivity contribution in [1.82, 2.24) is 0 Å². The zero-order valence-corrected chi connectivity index (χ0v) is 12.2. The van der Waals surface area contributed by atoms with Crippen molar-refractivity contribution >= 4 is 17.0 Å². The van der Waals surface area contributed by atoms with Crippen molar-refractivity contribution in [3.05, 3.63) is 51.2 Å². The molecule has 3 rings (SSSR count). The van der Waals surface area contributed by atoms with Crippen molar-refractivity contribution in [3.8, 4) is 6.07 Å². The van der Waals surface area contributed by atoms with Gasteiger partial charge < -0.3 is 10.0 Å². The monoisotopic (exact) mass is 284 g/mol. The number of thiophene rings is 1. The molecule has 1 N–H and O–H groups in total. The molecule has 1 aromatic heterocycles. The van der Waals surface area contributed by atoms with Crippen molar-refractivity contribution in [1.29, 1.82) is 5.26 Å². The molecule has 0 spiro atoms. The first-order valence-corrected chi connectivity index (χ1v) is 7.59. The molecule has 102 valence electrons. The van der Waals surface area contributed by atoms with Gasteiger partial charge in [-0.25, -0.2) is 0 Å². The van der Waals surface area contributed by atoms with Crippen LogP contribution in [0.15, 0.2) is 29.6 Å². The number of fused-ring (bicyclic) bond motifs is 1. The molecule has 1 aliphatic heterocycles. The average Bonchev–Trinajstić information content (AvgIpc) is 2.96. The van der Waals surface area contributed by atoms with Crippen molar-refractivity contribution < 1.29 is 5.11 Å². The lowest BCUT2D eigenvalue weighted by Crippen LogP contribution is -2.33. The number of hydrogen-bond acceptors (Lipinski definition) is 4. The molecule has 4 heteroatoms. The average molecular weight is 284 g/mol. The Kier molecular flexibility index (Phi) is 3.47. The summed E-state index contributed by atoms with van der Waals surface area (Å²) < 4.78 is 0. The maximum absolute atomic E-state index is 9.35. The summed E-state index contributed by atoms with van der Waals surface area (Å²) in [5.41, 5.74) is 3.76. The third-order valence-electron chi connectivity index (χ3n) is 3.95. The van der Waals surface area contributed by atoms with Crippen LogP contribution in [0.2, 0.25) is 0 Å². The lowest BCUT2D eigenvalue weighted by atomic mass is 9.99. The van der Waals surface area contributed by atoms with Crippen LogP contribution in [0.1, 0.15) is 34.5 Å². The summed E-state index contributed by atoms with van der Waals surface area (Å²) in [6.45, 7) is 3.09. The summed E-state index contributed by atoms with van der Waals surface area (Å²) in [7, 11) is 0. The Bertz CT molecular complexity index is 671. The van der Waals surface area contributed by atoms with E-state index in [1.54, 1.807) is 6.07 Å². The SMILES string of the molecule is CC1c2ccsc2CCN1c1ccc(CO)cc1C#N. The molecule has 0 saturated carbocycles. The number of hydrogen-bond donors (Lipinski definition) is 1. The van der Waals surface area contributed by atoms with Crippen LogP contribution in [-0.2, 0) is 13.0 Å². The molecule has 1 atom stereocenters. The first kappa shape index (κ1) is 13.2. The molecule has 0 amide bonds. The van der Waals surface area contributed by atoms with E-state index in [9.17, 15) is 10.4 Å².